The number of thiocarbonyl (C=S) groups is 1. The zero-order valence-electron chi connectivity index (χ0n) is 13.0. The summed E-state index contributed by atoms with van der Waals surface area (Å²) in [7, 11) is 0. The molecule has 1 aromatic heterocycles. The minimum absolute atomic E-state index is 0.856. The number of rotatable bonds is 5. The summed E-state index contributed by atoms with van der Waals surface area (Å²) in [5.41, 5.74) is 2.92. The van der Waals surface area contributed by atoms with Crippen molar-refractivity contribution < 1.29 is 0 Å². The zero-order chi connectivity index (χ0) is 15.8. The molecule has 1 aromatic carbocycles. The quantitative estimate of drug-likeness (QED) is 0.287. The van der Waals surface area contributed by atoms with E-state index in [0.29, 0.717) is 0 Å². The third-order valence-electron chi connectivity index (χ3n) is 3.38. The van der Waals surface area contributed by atoms with Crippen LogP contribution in [0.15, 0.2) is 35.3 Å². The maximum absolute atomic E-state index is 4.64. The van der Waals surface area contributed by atoms with Gasteiger partial charge in [-0.25, -0.2) is 0 Å². The maximum Gasteiger partial charge on any atom is 0.0775 e. The van der Waals surface area contributed by atoms with Crippen molar-refractivity contribution in [1.82, 2.24) is 0 Å². The van der Waals surface area contributed by atoms with Gasteiger partial charge < -0.3 is 0 Å². The molecule has 0 spiro atoms. The van der Waals surface area contributed by atoms with Crippen LogP contribution in [-0.4, -0.2) is 5.16 Å². The second-order valence-corrected chi connectivity index (χ2v) is 6.53. The summed E-state index contributed by atoms with van der Waals surface area (Å²) in [6.45, 7) is 4.24. The van der Waals surface area contributed by atoms with E-state index in [0.717, 1.165) is 21.7 Å². The van der Waals surface area contributed by atoms with E-state index < -0.39 is 0 Å². The Morgan fingerprint density at radius 1 is 1.14 bits per heavy atom. The number of hydrogen-bond donors (Lipinski definition) is 0. The van der Waals surface area contributed by atoms with Gasteiger partial charge in [0.2, 0.25) is 0 Å². The lowest BCUT2D eigenvalue weighted by Gasteiger charge is -1.98. The molecular weight excluding hydrogens is 306 g/mol. The number of isothiocyanates is 1. The summed E-state index contributed by atoms with van der Waals surface area (Å²) in [4.78, 5) is 6.58. The number of hydrogen-bond acceptors (Lipinski definition) is 3. The molecule has 0 saturated heterocycles. The van der Waals surface area contributed by atoms with Gasteiger partial charge in [0.15, 0.2) is 0 Å². The first kappa shape index (κ1) is 16.6. The summed E-state index contributed by atoms with van der Waals surface area (Å²) < 4.78 is 0. The lowest BCUT2D eigenvalue weighted by molar-refractivity contribution is 0.722. The zero-order valence-corrected chi connectivity index (χ0v) is 14.6. The molecular formula is C19H19NS2. The molecule has 0 saturated carbocycles. The van der Waals surface area contributed by atoms with Gasteiger partial charge in [-0.1, -0.05) is 31.6 Å². The number of benzene rings is 1. The highest BCUT2D eigenvalue weighted by atomic mass is 32.1. The Hall–Kier alpha value is -1.72. The molecule has 22 heavy (non-hydrogen) atoms. The summed E-state index contributed by atoms with van der Waals surface area (Å²) in [5, 5.41) is 2.40. The number of aliphatic imine (C=N–C) groups is 1. The molecule has 0 aliphatic rings. The fourth-order valence-corrected chi connectivity index (χ4v) is 3.17. The van der Waals surface area contributed by atoms with Gasteiger partial charge in [0.1, 0.15) is 0 Å². The van der Waals surface area contributed by atoms with Gasteiger partial charge in [0.25, 0.3) is 0 Å². The van der Waals surface area contributed by atoms with Crippen molar-refractivity contribution >= 4 is 34.4 Å². The molecule has 0 aliphatic heterocycles. The Labute approximate surface area is 142 Å². The van der Waals surface area contributed by atoms with Crippen LogP contribution in [-0.2, 0) is 6.42 Å². The predicted molar refractivity (Wildman–Crippen MR) is 99.4 cm³/mol. The molecule has 0 N–H and O–H groups in total. The standard InChI is InChI=1S/C19H19NS2/c1-3-4-5-6-17-10-11-18(22-17)9-7-16-8-12-19(20-14-21)15(2)13-16/h8,10-13H,3-6H2,1-2H3. The molecule has 0 atom stereocenters. The van der Waals surface area contributed by atoms with Crippen LogP contribution in [0, 0.1) is 18.8 Å². The Morgan fingerprint density at radius 2 is 2.00 bits per heavy atom. The molecule has 0 aliphatic carbocycles. The van der Waals surface area contributed by atoms with Crippen LogP contribution in [0.25, 0.3) is 0 Å². The number of unbranched alkanes of at least 4 members (excludes halogenated alkanes) is 2. The molecule has 2 rings (SSSR count). The van der Waals surface area contributed by atoms with E-state index in [1.165, 1.54) is 30.6 Å². The van der Waals surface area contributed by atoms with Gasteiger partial charge >= 0.3 is 0 Å². The molecule has 3 heteroatoms. The van der Waals surface area contributed by atoms with Crippen LogP contribution < -0.4 is 0 Å². The molecule has 0 fully saturated rings. The molecule has 0 amide bonds. The van der Waals surface area contributed by atoms with E-state index in [1.807, 2.05) is 25.1 Å². The van der Waals surface area contributed by atoms with Crippen LogP contribution in [0.1, 0.15) is 47.1 Å². The smallest absolute Gasteiger partial charge is 0.0775 e. The monoisotopic (exact) mass is 325 g/mol. The first-order chi connectivity index (χ1) is 10.7. The van der Waals surface area contributed by atoms with Crippen LogP contribution in [0.3, 0.4) is 0 Å². The van der Waals surface area contributed by atoms with E-state index in [-0.39, 0.29) is 0 Å². The molecule has 112 valence electrons. The average Bonchev–Trinajstić information content (AvgIpc) is 2.96. The minimum Gasteiger partial charge on any atom is -0.194 e. The van der Waals surface area contributed by atoms with Crippen molar-refractivity contribution in [2.75, 3.05) is 0 Å². The first-order valence-electron chi connectivity index (χ1n) is 7.52. The van der Waals surface area contributed by atoms with Gasteiger partial charge in [-0.05, 0) is 67.9 Å². The van der Waals surface area contributed by atoms with Crippen molar-refractivity contribution in [1.29, 1.82) is 0 Å². The minimum atomic E-state index is 0.856. The van der Waals surface area contributed by atoms with Gasteiger partial charge in [0.05, 0.1) is 15.7 Å². The highest BCUT2D eigenvalue weighted by Gasteiger charge is 1.99. The third kappa shape index (κ3) is 4.93. The van der Waals surface area contributed by atoms with E-state index in [2.05, 4.69) is 53.3 Å². The third-order valence-corrected chi connectivity index (χ3v) is 4.53. The molecule has 2 aromatic rings. The average molecular weight is 326 g/mol. The molecule has 1 nitrogen and oxygen atoms in total. The SMILES string of the molecule is CCCCCc1ccc(C#Cc2ccc(N=C=S)c(C)c2)s1. The summed E-state index contributed by atoms with van der Waals surface area (Å²) in [5.74, 6) is 6.48. The Morgan fingerprint density at radius 3 is 2.73 bits per heavy atom. The Balaban J connectivity index is 2.07. The molecule has 0 unspecified atom stereocenters. The van der Waals surface area contributed by atoms with Gasteiger partial charge in [-0.15, -0.1) is 11.3 Å². The lowest BCUT2D eigenvalue weighted by atomic mass is 10.1. The lowest BCUT2D eigenvalue weighted by Crippen LogP contribution is -1.79. The Kier molecular flexibility index (Phi) is 6.55. The van der Waals surface area contributed by atoms with Gasteiger partial charge in [-0.3, -0.25) is 0 Å². The largest absolute Gasteiger partial charge is 0.194 e. The van der Waals surface area contributed by atoms with Crippen molar-refractivity contribution in [2.45, 2.75) is 39.5 Å². The molecule has 0 bridgehead atoms. The molecule has 0 radical (unpaired) electrons. The Bertz CT molecular complexity index is 740. The van der Waals surface area contributed by atoms with E-state index in [1.54, 1.807) is 11.3 Å². The second kappa shape index (κ2) is 8.66. The van der Waals surface area contributed by atoms with E-state index >= 15 is 0 Å². The van der Waals surface area contributed by atoms with Gasteiger partial charge in [0, 0.05) is 10.4 Å². The van der Waals surface area contributed by atoms with Crippen LogP contribution in [0.2, 0.25) is 0 Å². The highest BCUT2D eigenvalue weighted by molar-refractivity contribution is 7.78. The fraction of sp³-hybridized carbons (Fsp3) is 0.316. The van der Waals surface area contributed by atoms with Crippen molar-refractivity contribution in [2.24, 2.45) is 4.99 Å². The summed E-state index contributed by atoms with van der Waals surface area (Å²) >= 11 is 6.44. The number of aryl methyl sites for hydroxylation is 2. The number of thiophene rings is 1. The van der Waals surface area contributed by atoms with Crippen molar-refractivity contribution in [3.63, 3.8) is 0 Å². The second-order valence-electron chi connectivity index (χ2n) is 5.18. The van der Waals surface area contributed by atoms with Gasteiger partial charge in [-0.2, -0.15) is 4.99 Å². The topological polar surface area (TPSA) is 12.4 Å². The van der Waals surface area contributed by atoms with Crippen LogP contribution in [0.4, 0.5) is 5.69 Å². The maximum atomic E-state index is 4.64. The van der Waals surface area contributed by atoms with E-state index in [4.69, 9.17) is 0 Å². The summed E-state index contributed by atoms with van der Waals surface area (Å²) in [6.07, 6.45) is 5.00. The van der Waals surface area contributed by atoms with Crippen LogP contribution >= 0.6 is 23.6 Å². The fourth-order valence-electron chi connectivity index (χ4n) is 2.17. The first-order valence-corrected chi connectivity index (χ1v) is 8.74. The summed E-state index contributed by atoms with van der Waals surface area (Å²) in [6, 6.07) is 10.3. The van der Waals surface area contributed by atoms with E-state index in [9.17, 15) is 0 Å². The van der Waals surface area contributed by atoms with Crippen molar-refractivity contribution in [3.05, 3.63) is 51.2 Å². The molecule has 1 heterocycles. The van der Waals surface area contributed by atoms with Crippen molar-refractivity contribution in [3.8, 4) is 11.8 Å². The predicted octanol–water partition coefficient (Wildman–Crippen LogP) is 5.92. The highest BCUT2D eigenvalue weighted by Crippen LogP contribution is 2.20. The normalized spacial score (nSPS) is 9.73. The van der Waals surface area contributed by atoms with Crippen LogP contribution in [0.5, 0.6) is 0 Å². The number of nitrogens with zero attached hydrogens (tertiary/aromatic N) is 1.